The number of nitrogens with zero attached hydrogens (tertiary/aromatic N) is 2. The lowest BCUT2D eigenvalue weighted by molar-refractivity contribution is -0.384. The number of nitro benzene ring substituents is 1. The molecule has 134 valence electrons. The van der Waals surface area contributed by atoms with Gasteiger partial charge in [-0.3, -0.25) is 14.9 Å². The molecule has 25 heavy (non-hydrogen) atoms. The number of carboxylic acid groups (broad SMARTS) is 1. The van der Waals surface area contributed by atoms with Crippen LogP contribution in [0.1, 0.15) is 46.4 Å². The predicted octanol–water partition coefficient (Wildman–Crippen LogP) is 2.32. The molecule has 1 aliphatic heterocycles. The lowest BCUT2D eigenvalue weighted by Crippen LogP contribution is -2.41. The van der Waals surface area contributed by atoms with Crippen LogP contribution in [0.4, 0.5) is 5.69 Å². The summed E-state index contributed by atoms with van der Waals surface area (Å²) in [4.78, 5) is 35.6. The maximum Gasteiger partial charge on any atom is 0.335 e. The average Bonchev–Trinajstić information content (AvgIpc) is 3.43. The van der Waals surface area contributed by atoms with Gasteiger partial charge in [0.1, 0.15) is 0 Å². The van der Waals surface area contributed by atoms with Gasteiger partial charge in [-0.25, -0.2) is 4.79 Å². The van der Waals surface area contributed by atoms with Crippen molar-refractivity contribution in [3.63, 3.8) is 0 Å². The van der Waals surface area contributed by atoms with Crippen molar-refractivity contribution in [3.8, 4) is 0 Å². The summed E-state index contributed by atoms with van der Waals surface area (Å²) < 4.78 is 5.84. The summed E-state index contributed by atoms with van der Waals surface area (Å²) >= 11 is 0. The highest BCUT2D eigenvalue weighted by atomic mass is 16.6. The highest BCUT2D eigenvalue weighted by Crippen LogP contribution is 2.30. The Hall–Kier alpha value is -2.48. The van der Waals surface area contributed by atoms with Crippen LogP contribution in [0, 0.1) is 16.0 Å². The Morgan fingerprint density at radius 3 is 2.36 bits per heavy atom. The van der Waals surface area contributed by atoms with Crippen LogP contribution in [0.5, 0.6) is 0 Å². The number of hydrogen-bond acceptors (Lipinski definition) is 5. The van der Waals surface area contributed by atoms with Gasteiger partial charge in [-0.2, -0.15) is 0 Å². The van der Waals surface area contributed by atoms with Crippen molar-refractivity contribution >= 4 is 17.6 Å². The molecule has 1 amide bonds. The molecule has 1 saturated heterocycles. The third-order valence-electron chi connectivity index (χ3n) is 4.62. The number of nitro groups is 1. The molecule has 1 heterocycles. The Balaban J connectivity index is 1.66. The number of rotatable bonds is 6. The number of hydrogen-bond donors (Lipinski definition) is 1. The van der Waals surface area contributed by atoms with Crippen LogP contribution in [0.25, 0.3) is 0 Å². The molecule has 1 aromatic carbocycles. The van der Waals surface area contributed by atoms with Crippen molar-refractivity contribution in [2.24, 2.45) is 5.92 Å². The van der Waals surface area contributed by atoms with Crippen molar-refractivity contribution < 1.29 is 24.4 Å². The van der Waals surface area contributed by atoms with E-state index in [-0.39, 0.29) is 23.1 Å². The van der Waals surface area contributed by atoms with Crippen molar-refractivity contribution in [2.75, 3.05) is 19.7 Å². The number of carboxylic acids is 1. The monoisotopic (exact) mass is 348 g/mol. The number of benzene rings is 1. The highest BCUT2D eigenvalue weighted by molar-refractivity contribution is 5.98. The summed E-state index contributed by atoms with van der Waals surface area (Å²) in [5.41, 5.74) is -0.630. The molecule has 0 bridgehead atoms. The molecule has 0 radical (unpaired) electrons. The number of carbonyl (C=O) groups is 2. The van der Waals surface area contributed by atoms with Gasteiger partial charge in [0, 0.05) is 37.4 Å². The van der Waals surface area contributed by atoms with Gasteiger partial charge in [0.25, 0.3) is 11.6 Å². The summed E-state index contributed by atoms with van der Waals surface area (Å²) in [5.74, 6) is -0.990. The summed E-state index contributed by atoms with van der Waals surface area (Å²) in [6, 6.07) is 3.27. The molecule has 3 rings (SSSR count). The van der Waals surface area contributed by atoms with Crippen molar-refractivity contribution in [3.05, 3.63) is 39.4 Å². The number of piperidine rings is 1. The third kappa shape index (κ3) is 4.33. The first-order valence-electron chi connectivity index (χ1n) is 8.37. The Morgan fingerprint density at radius 2 is 1.80 bits per heavy atom. The van der Waals surface area contributed by atoms with E-state index < -0.39 is 16.6 Å². The van der Waals surface area contributed by atoms with Gasteiger partial charge in [-0.1, -0.05) is 0 Å². The summed E-state index contributed by atoms with van der Waals surface area (Å²) in [6.07, 6.45) is 4.05. The first-order valence-corrected chi connectivity index (χ1v) is 8.37. The first kappa shape index (κ1) is 17.3. The molecule has 1 saturated carbocycles. The van der Waals surface area contributed by atoms with Gasteiger partial charge >= 0.3 is 5.97 Å². The number of non-ortho nitro benzene ring substituents is 1. The van der Waals surface area contributed by atoms with Gasteiger partial charge in [-0.15, -0.1) is 0 Å². The van der Waals surface area contributed by atoms with Gasteiger partial charge in [0.05, 0.1) is 16.6 Å². The molecule has 0 unspecified atom stereocenters. The van der Waals surface area contributed by atoms with E-state index in [0.29, 0.717) is 19.0 Å². The number of ether oxygens (including phenoxy) is 1. The maximum atomic E-state index is 12.6. The van der Waals surface area contributed by atoms with Crippen molar-refractivity contribution in [1.29, 1.82) is 0 Å². The lowest BCUT2D eigenvalue weighted by atomic mass is 10.0. The molecular formula is C17H20N2O6. The molecule has 1 aromatic rings. The van der Waals surface area contributed by atoms with Gasteiger partial charge < -0.3 is 14.7 Å². The van der Waals surface area contributed by atoms with Gasteiger partial charge in [0.15, 0.2) is 0 Å². The largest absolute Gasteiger partial charge is 0.478 e. The smallest absolute Gasteiger partial charge is 0.335 e. The van der Waals surface area contributed by atoms with E-state index in [0.717, 1.165) is 31.6 Å². The first-order chi connectivity index (χ1) is 11.9. The Bertz CT molecular complexity index is 660. The van der Waals surface area contributed by atoms with Gasteiger partial charge in [-0.05, 0) is 37.7 Å². The zero-order valence-electron chi connectivity index (χ0n) is 13.7. The second-order valence-corrected chi connectivity index (χ2v) is 6.60. The minimum absolute atomic E-state index is 0.0314. The zero-order valence-corrected chi connectivity index (χ0v) is 13.7. The Labute approximate surface area is 144 Å². The Kier molecular flexibility index (Phi) is 4.98. The molecule has 8 heteroatoms. The zero-order chi connectivity index (χ0) is 18.0. The summed E-state index contributed by atoms with van der Waals surface area (Å²) in [7, 11) is 0. The van der Waals surface area contributed by atoms with Crippen LogP contribution in [-0.4, -0.2) is 52.6 Å². The molecule has 2 aliphatic rings. The standard InChI is InChI=1S/C17H20N2O6/c20-16(12-7-13(17(21)22)9-14(8-12)19(23)24)18-5-3-15(4-6-18)25-10-11-1-2-11/h7-9,11,15H,1-6,10H2,(H,21,22). The molecule has 0 aromatic heterocycles. The lowest BCUT2D eigenvalue weighted by Gasteiger charge is -2.32. The fourth-order valence-electron chi connectivity index (χ4n) is 2.93. The molecule has 2 fully saturated rings. The Morgan fingerprint density at radius 1 is 1.16 bits per heavy atom. The minimum Gasteiger partial charge on any atom is -0.478 e. The van der Waals surface area contributed by atoms with E-state index in [4.69, 9.17) is 9.84 Å². The number of carbonyl (C=O) groups excluding carboxylic acids is 1. The van der Waals surface area contributed by atoms with E-state index in [1.165, 1.54) is 18.9 Å². The second-order valence-electron chi connectivity index (χ2n) is 6.60. The van der Waals surface area contributed by atoms with Crippen LogP contribution in [0.3, 0.4) is 0 Å². The molecular weight excluding hydrogens is 328 g/mol. The molecule has 1 aliphatic carbocycles. The van der Waals surface area contributed by atoms with E-state index in [1.54, 1.807) is 4.90 Å². The molecule has 0 atom stereocenters. The number of aromatic carboxylic acids is 1. The third-order valence-corrected chi connectivity index (χ3v) is 4.62. The van der Waals surface area contributed by atoms with Gasteiger partial charge in [0.2, 0.25) is 0 Å². The topological polar surface area (TPSA) is 110 Å². The van der Waals surface area contributed by atoms with Crippen molar-refractivity contribution in [2.45, 2.75) is 31.8 Å². The fraction of sp³-hybridized carbons (Fsp3) is 0.529. The summed E-state index contributed by atoms with van der Waals surface area (Å²) in [6.45, 7) is 1.78. The van der Waals surface area contributed by atoms with Crippen LogP contribution >= 0.6 is 0 Å². The molecule has 1 N–H and O–H groups in total. The van der Waals surface area contributed by atoms with Crippen LogP contribution < -0.4 is 0 Å². The highest BCUT2D eigenvalue weighted by Gasteiger charge is 2.28. The summed E-state index contributed by atoms with van der Waals surface area (Å²) in [5, 5.41) is 20.1. The van der Waals surface area contributed by atoms with E-state index in [1.807, 2.05) is 0 Å². The second kappa shape index (κ2) is 7.18. The van der Waals surface area contributed by atoms with Crippen LogP contribution in [0.15, 0.2) is 18.2 Å². The predicted molar refractivity (Wildman–Crippen MR) is 87.7 cm³/mol. The van der Waals surface area contributed by atoms with E-state index in [9.17, 15) is 19.7 Å². The fourth-order valence-corrected chi connectivity index (χ4v) is 2.93. The normalized spacial score (nSPS) is 18.2. The molecule has 0 spiro atoms. The van der Waals surface area contributed by atoms with E-state index >= 15 is 0 Å². The SMILES string of the molecule is O=C(O)c1cc(C(=O)N2CCC(OCC3CC3)CC2)cc([N+](=O)[O-])c1. The van der Waals surface area contributed by atoms with Crippen molar-refractivity contribution in [1.82, 2.24) is 4.90 Å². The minimum atomic E-state index is -1.30. The van der Waals surface area contributed by atoms with Crippen LogP contribution in [-0.2, 0) is 4.74 Å². The number of likely N-dealkylation sites (tertiary alicyclic amines) is 1. The maximum absolute atomic E-state index is 12.6. The molecule has 8 nitrogen and oxygen atoms in total. The average molecular weight is 348 g/mol. The number of amides is 1. The quantitative estimate of drug-likeness (QED) is 0.624. The van der Waals surface area contributed by atoms with Crippen LogP contribution in [0.2, 0.25) is 0 Å². The van der Waals surface area contributed by atoms with E-state index in [2.05, 4.69) is 0 Å².